The average Bonchev–Trinajstić information content (AvgIpc) is 3.06. The van der Waals surface area contributed by atoms with Crippen LogP contribution in [-0.2, 0) is 9.53 Å². The van der Waals surface area contributed by atoms with Gasteiger partial charge < -0.3 is 9.15 Å². The lowest BCUT2D eigenvalue weighted by Gasteiger charge is -2.29. The van der Waals surface area contributed by atoms with Crippen molar-refractivity contribution >= 4 is 5.97 Å². The number of rotatable bonds is 5. The maximum absolute atomic E-state index is 13.0. The standard InChI is InChI=1S/C17H20FN3O3/c1-2-23-15(22)11-21-9-7-13(8-10-21)17-20-19-16(24-17)12-3-5-14(18)6-4-12/h3-6,13H,2,7-11H2,1H3. The minimum absolute atomic E-state index is 0.185. The number of hydrogen-bond donors (Lipinski definition) is 0. The van der Waals surface area contributed by atoms with Gasteiger partial charge in [-0.2, -0.15) is 0 Å². The van der Waals surface area contributed by atoms with Crippen LogP contribution in [0.3, 0.4) is 0 Å². The van der Waals surface area contributed by atoms with Crippen molar-refractivity contribution in [2.75, 3.05) is 26.2 Å². The monoisotopic (exact) mass is 333 g/mol. The highest BCUT2D eigenvalue weighted by Crippen LogP contribution is 2.29. The number of benzene rings is 1. The smallest absolute Gasteiger partial charge is 0.320 e. The van der Waals surface area contributed by atoms with Gasteiger partial charge in [0.15, 0.2) is 0 Å². The van der Waals surface area contributed by atoms with Crippen molar-refractivity contribution < 1.29 is 18.3 Å². The van der Waals surface area contributed by atoms with E-state index in [0.717, 1.165) is 25.9 Å². The molecule has 1 aromatic carbocycles. The molecule has 1 saturated heterocycles. The lowest BCUT2D eigenvalue weighted by Crippen LogP contribution is -2.37. The highest BCUT2D eigenvalue weighted by Gasteiger charge is 2.26. The van der Waals surface area contributed by atoms with E-state index in [9.17, 15) is 9.18 Å². The fourth-order valence-electron chi connectivity index (χ4n) is 2.84. The topological polar surface area (TPSA) is 68.5 Å². The first kappa shape index (κ1) is 16.6. The zero-order valence-electron chi connectivity index (χ0n) is 13.6. The van der Waals surface area contributed by atoms with Gasteiger partial charge in [0.1, 0.15) is 5.82 Å². The van der Waals surface area contributed by atoms with E-state index in [-0.39, 0.29) is 17.7 Å². The molecule has 2 aromatic rings. The SMILES string of the molecule is CCOC(=O)CN1CCC(c2nnc(-c3ccc(F)cc3)o2)CC1. The Bertz CT molecular complexity index is 679. The number of aromatic nitrogens is 2. The summed E-state index contributed by atoms with van der Waals surface area (Å²) in [6.45, 7) is 4.11. The Morgan fingerprint density at radius 3 is 2.67 bits per heavy atom. The Morgan fingerprint density at radius 1 is 1.29 bits per heavy atom. The molecule has 0 radical (unpaired) electrons. The summed E-state index contributed by atoms with van der Waals surface area (Å²) in [6, 6.07) is 5.98. The van der Waals surface area contributed by atoms with Crippen LogP contribution in [0.2, 0.25) is 0 Å². The minimum atomic E-state index is -0.299. The average molecular weight is 333 g/mol. The van der Waals surface area contributed by atoms with Gasteiger partial charge in [-0.3, -0.25) is 9.69 Å². The number of nitrogens with zero attached hydrogens (tertiary/aromatic N) is 3. The Hall–Kier alpha value is -2.28. The summed E-state index contributed by atoms with van der Waals surface area (Å²) < 4.78 is 23.7. The predicted octanol–water partition coefficient (Wildman–Crippen LogP) is 2.62. The first-order valence-corrected chi connectivity index (χ1v) is 8.13. The number of likely N-dealkylation sites (tertiary alicyclic amines) is 1. The number of carbonyl (C=O) groups is 1. The van der Waals surface area contributed by atoms with E-state index < -0.39 is 0 Å². The van der Waals surface area contributed by atoms with Crippen LogP contribution in [0.5, 0.6) is 0 Å². The summed E-state index contributed by atoms with van der Waals surface area (Å²) in [5.41, 5.74) is 0.704. The summed E-state index contributed by atoms with van der Waals surface area (Å²) in [4.78, 5) is 13.6. The predicted molar refractivity (Wildman–Crippen MR) is 84.7 cm³/mol. The first-order chi connectivity index (χ1) is 11.7. The Kier molecular flexibility index (Phi) is 5.20. The van der Waals surface area contributed by atoms with Crippen molar-refractivity contribution in [3.63, 3.8) is 0 Å². The summed E-state index contributed by atoms with van der Waals surface area (Å²) in [7, 11) is 0. The number of piperidine rings is 1. The van der Waals surface area contributed by atoms with Gasteiger partial charge in [0.05, 0.1) is 13.2 Å². The van der Waals surface area contributed by atoms with Crippen molar-refractivity contribution in [2.45, 2.75) is 25.7 Å². The summed E-state index contributed by atoms with van der Waals surface area (Å²) in [6.07, 6.45) is 1.70. The molecule has 128 valence electrons. The summed E-state index contributed by atoms with van der Waals surface area (Å²) in [5, 5.41) is 8.19. The fourth-order valence-corrected chi connectivity index (χ4v) is 2.84. The van der Waals surface area contributed by atoms with E-state index in [2.05, 4.69) is 15.1 Å². The Balaban J connectivity index is 1.57. The van der Waals surface area contributed by atoms with Crippen LogP contribution in [0.1, 0.15) is 31.6 Å². The third kappa shape index (κ3) is 3.97. The number of ether oxygens (including phenoxy) is 1. The van der Waals surface area contributed by atoms with Gasteiger partial charge >= 0.3 is 5.97 Å². The van der Waals surface area contributed by atoms with Crippen molar-refractivity contribution in [3.05, 3.63) is 36.0 Å². The normalized spacial score (nSPS) is 16.2. The molecular weight excluding hydrogens is 313 g/mol. The highest BCUT2D eigenvalue weighted by molar-refractivity contribution is 5.71. The van der Waals surface area contributed by atoms with Crippen LogP contribution in [0.4, 0.5) is 4.39 Å². The molecule has 0 amide bonds. The molecule has 1 aliphatic heterocycles. The van der Waals surface area contributed by atoms with E-state index in [1.807, 2.05) is 0 Å². The quantitative estimate of drug-likeness (QED) is 0.784. The van der Waals surface area contributed by atoms with Gasteiger partial charge in [-0.1, -0.05) is 0 Å². The van der Waals surface area contributed by atoms with Crippen molar-refractivity contribution in [1.29, 1.82) is 0 Å². The lowest BCUT2D eigenvalue weighted by atomic mass is 9.97. The Morgan fingerprint density at radius 2 is 2.00 bits per heavy atom. The molecular formula is C17H20FN3O3. The maximum Gasteiger partial charge on any atom is 0.320 e. The van der Waals surface area contributed by atoms with Gasteiger partial charge in [0.25, 0.3) is 0 Å². The van der Waals surface area contributed by atoms with Crippen LogP contribution < -0.4 is 0 Å². The largest absolute Gasteiger partial charge is 0.465 e. The molecule has 3 rings (SSSR count). The second-order valence-electron chi connectivity index (χ2n) is 5.81. The molecule has 0 N–H and O–H groups in total. The molecule has 0 bridgehead atoms. The van der Waals surface area contributed by atoms with Crippen molar-refractivity contribution in [1.82, 2.24) is 15.1 Å². The molecule has 24 heavy (non-hydrogen) atoms. The van der Waals surface area contributed by atoms with Crippen molar-refractivity contribution in [3.8, 4) is 11.5 Å². The van der Waals surface area contributed by atoms with Gasteiger partial charge in [-0.05, 0) is 57.1 Å². The molecule has 1 aliphatic rings. The zero-order chi connectivity index (χ0) is 16.9. The molecule has 1 aromatic heterocycles. The number of hydrogen-bond acceptors (Lipinski definition) is 6. The number of esters is 1. The van der Waals surface area contributed by atoms with Crippen molar-refractivity contribution in [2.24, 2.45) is 0 Å². The van der Waals surface area contributed by atoms with Gasteiger partial charge in [-0.15, -0.1) is 10.2 Å². The van der Waals surface area contributed by atoms with Crippen LogP contribution in [0, 0.1) is 5.82 Å². The molecule has 1 fully saturated rings. The third-order valence-corrected chi connectivity index (χ3v) is 4.13. The molecule has 0 aliphatic carbocycles. The van der Waals surface area contributed by atoms with Crippen LogP contribution in [0.15, 0.2) is 28.7 Å². The summed E-state index contributed by atoms with van der Waals surface area (Å²) in [5.74, 6) is 0.703. The van der Waals surface area contributed by atoms with E-state index in [0.29, 0.717) is 30.5 Å². The van der Waals surface area contributed by atoms with Crippen LogP contribution >= 0.6 is 0 Å². The molecule has 0 saturated carbocycles. The molecule has 0 spiro atoms. The second-order valence-corrected chi connectivity index (χ2v) is 5.81. The zero-order valence-corrected chi connectivity index (χ0v) is 13.6. The maximum atomic E-state index is 13.0. The summed E-state index contributed by atoms with van der Waals surface area (Å²) >= 11 is 0. The van der Waals surface area contributed by atoms with E-state index in [4.69, 9.17) is 9.15 Å². The molecule has 0 atom stereocenters. The molecule has 6 nitrogen and oxygen atoms in total. The van der Waals surface area contributed by atoms with Gasteiger partial charge in [0.2, 0.25) is 11.8 Å². The number of halogens is 1. The molecule has 0 unspecified atom stereocenters. The molecule has 7 heteroatoms. The lowest BCUT2D eigenvalue weighted by molar-refractivity contribution is -0.144. The second kappa shape index (κ2) is 7.53. The fraction of sp³-hybridized carbons (Fsp3) is 0.471. The van der Waals surface area contributed by atoms with Gasteiger partial charge in [0, 0.05) is 11.5 Å². The van der Waals surface area contributed by atoms with E-state index >= 15 is 0 Å². The minimum Gasteiger partial charge on any atom is -0.465 e. The van der Waals surface area contributed by atoms with E-state index in [1.165, 1.54) is 12.1 Å². The highest BCUT2D eigenvalue weighted by atomic mass is 19.1. The van der Waals surface area contributed by atoms with Crippen LogP contribution in [0.25, 0.3) is 11.5 Å². The molecule has 2 heterocycles. The Labute approximate surface area is 139 Å². The number of carbonyl (C=O) groups excluding carboxylic acids is 1. The van der Waals surface area contributed by atoms with Gasteiger partial charge in [-0.25, -0.2) is 4.39 Å². The van der Waals surface area contributed by atoms with E-state index in [1.54, 1.807) is 19.1 Å². The van der Waals surface area contributed by atoms with Crippen LogP contribution in [-0.4, -0.2) is 47.3 Å². The first-order valence-electron chi connectivity index (χ1n) is 8.13. The third-order valence-electron chi connectivity index (χ3n) is 4.13.